The summed E-state index contributed by atoms with van der Waals surface area (Å²) in [6.45, 7) is 3.76. The molecule has 0 aliphatic rings. The molecule has 18 heavy (non-hydrogen) atoms. The van der Waals surface area contributed by atoms with Crippen LogP contribution in [0.15, 0.2) is 42.9 Å². The first kappa shape index (κ1) is 12.1. The fraction of sp³-hybridized carbons (Fsp3) is 0.214. The second kappa shape index (κ2) is 5.78. The lowest BCUT2D eigenvalue weighted by molar-refractivity contribution is 0.828. The predicted molar refractivity (Wildman–Crippen MR) is 69.9 cm³/mol. The number of nitriles is 1. The summed E-state index contributed by atoms with van der Waals surface area (Å²) in [5.41, 5.74) is 2.66. The van der Waals surface area contributed by atoms with E-state index in [2.05, 4.69) is 27.9 Å². The Hall–Kier alpha value is -2.41. The summed E-state index contributed by atoms with van der Waals surface area (Å²) in [6.07, 6.45) is 5.25. The molecule has 90 valence electrons. The highest BCUT2D eigenvalue weighted by atomic mass is 15.1. The molecule has 0 fully saturated rings. The Kier molecular flexibility index (Phi) is 3.87. The molecule has 2 aromatic rings. The van der Waals surface area contributed by atoms with Gasteiger partial charge in [0.1, 0.15) is 11.8 Å². The van der Waals surface area contributed by atoms with E-state index in [1.807, 2.05) is 24.3 Å². The van der Waals surface area contributed by atoms with Crippen LogP contribution in [-0.2, 0) is 6.54 Å². The first-order valence-electron chi connectivity index (χ1n) is 5.83. The van der Waals surface area contributed by atoms with E-state index in [9.17, 15) is 0 Å². The highest BCUT2D eigenvalue weighted by Crippen LogP contribution is 2.16. The minimum absolute atomic E-state index is 0.445. The van der Waals surface area contributed by atoms with Crippen LogP contribution in [0.5, 0.6) is 0 Å². The third kappa shape index (κ3) is 2.83. The molecule has 4 heteroatoms. The van der Waals surface area contributed by atoms with E-state index in [1.54, 1.807) is 18.6 Å². The molecule has 0 aromatic carbocycles. The van der Waals surface area contributed by atoms with Crippen molar-refractivity contribution in [2.24, 2.45) is 0 Å². The quantitative estimate of drug-likeness (QED) is 0.820. The maximum absolute atomic E-state index is 8.87. The number of hydrogen-bond donors (Lipinski definition) is 0. The van der Waals surface area contributed by atoms with E-state index in [-0.39, 0.29) is 0 Å². The molecule has 0 spiro atoms. The van der Waals surface area contributed by atoms with Crippen molar-refractivity contribution in [2.45, 2.75) is 13.5 Å². The molecule has 0 unspecified atom stereocenters. The van der Waals surface area contributed by atoms with Crippen LogP contribution in [0.3, 0.4) is 0 Å². The zero-order valence-corrected chi connectivity index (χ0v) is 10.2. The van der Waals surface area contributed by atoms with Gasteiger partial charge in [0.2, 0.25) is 0 Å². The topological polar surface area (TPSA) is 52.8 Å². The Balaban J connectivity index is 2.21. The number of anilines is 1. The zero-order valence-electron chi connectivity index (χ0n) is 10.2. The van der Waals surface area contributed by atoms with Gasteiger partial charge < -0.3 is 4.90 Å². The van der Waals surface area contributed by atoms with Crippen LogP contribution in [0.2, 0.25) is 0 Å². The smallest absolute Gasteiger partial charge is 0.142 e. The van der Waals surface area contributed by atoms with Crippen LogP contribution >= 0.6 is 0 Å². The van der Waals surface area contributed by atoms with Gasteiger partial charge in [0.15, 0.2) is 0 Å². The lowest BCUT2D eigenvalue weighted by Crippen LogP contribution is -2.22. The van der Waals surface area contributed by atoms with Crippen LogP contribution in [0.1, 0.15) is 18.2 Å². The second-order valence-corrected chi connectivity index (χ2v) is 3.88. The highest BCUT2D eigenvalue weighted by molar-refractivity contribution is 5.49. The highest BCUT2D eigenvalue weighted by Gasteiger charge is 2.06. The van der Waals surface area contributed by atoms with Crippen LogP contribution in [-0.4, -0.2) is 16.5 Å². The molecule has 2 heterocycles. The number of rotatable bonds is 4. The molecule has 0 N–H and O–H groups in total. The standard InChI is InChI=1S/C14H14N4/c1-2-18(11-12-3-6-16-7-4-12)14-5-8-17-13(9-14)10-15/h3-9H,2,11H2,1H3. The lowest BCUT2D eigenvalue weighted by Gasteiger charge is -2.23. The molecule has 0 atom stereocenters. The third-order valence-electron chi connectivity index (χ3n) is 2.73. The molecule has 0 aliphatic carbocycles. The van der Waals surface area contributed by atoms with Gasteiger partial charge in [0.05, 0.1) is 0 Å². The molecular weight excluding hydrogens is 224 g/mol. The minimum atomic E-state index is 0.445. The molecule has 0 bridgehead atoms. The SMILES string of the molecule is CCN(Cc1ccncc1)c1ccnc(C#N)c1. The number of hydrogen-bond acceptors (Lipinski definition) is 4. The first-order chi connectivity index (χ1) is 8.83. The van der Waals surface area contributed by atoms with Gasteiger partial charge in [-0.3, -0.25) is 4.98 Å². The van der Waals surface area contributed by atoms with E-state index in [0.29, 0.717) is 5.69 Å². The number of pyridine rings is 2. The minimum Gasteiger partial charge on any atom is -0.367 e. The lowest BCUT2D eigenvalue weighted by atomic mass is 10.2. The maximum atomic E-state index is 8.87. The van der Waals surface area contributed by atoms with Gasteiger partial charge in [-0.05, 0) is 36.8 Å². The first-order valence-corrected chi connectivity index (χ1v) is 5.83. The summed E-state index contributed by atoms with van der Waals surface area (Å²) < 4.78 is 0. The summed E-state index contributed by atoms with van der Waals surface area (Å²) in [7, 11) is 0. The monoisotopic (exact) mass is 238 g/mol. The van der Waals surface area contributed by atoms with Crippen molar-refractivity contribution in [3.63, 3.8) is 0 Å². The zero-order chi connectivity index (χ0) is 12.8. The van der Waals surface area contributed by atoms with Gasteiger partial charge in [-0.1, -0.05) is 0 Å². The van der Waals surface area contributed by atoms with E-state index in [4.69, 9.17) is 5.26 Å². The largest absolute Gasteiger partial charge is 0.367 e. The Morgan fingerprint density at radius 2 is 2.00 bits per heavy atom. The molecule has 0 radical (unpaired) electrons. The molecule has 0 amide bonds. The Morgan fingerprint density at radius 1 is 1.22 bits per heavy atom. The fourth-order valence-electron chi connectivity index (χ4n) is 1.77. The van der Waals surface area contributed by atoms with Crippen LogP contribution in [0.4, 0.5) is 5.69 Å². The summed E-state index contributed by atoms with van der Waals surface area (Å²) >= 11 is 0. The summed E-state index contributed by atoms with van der Waals surface area (Å²) in [6, 6.07) is 9.78. The van der Waals surface area contributed by atoms with Crippen LogP contribution < -0.4 is 4.90 Å². The van der Waals surface area contributed by atoms with Gasteiger partial charge in [0, 0.05) is 37.4 Å². The maximum Gasteiger partial charge on any atom is 0.142 e. The summed E-state index contributed by atoms with van der Waals surface area (Å²) in [4.78, 5) is 10.2. The Labute approximate surface area is 107 Å². The van der Waals surface area contributed by atoms with Crippen LogP contribution in [0.25, 0.3) is 0 Å². The number of aromatic nitrogens is 2. The number of nitrogens with zero attached hydrogens (tertiary/aromatic N) is 4. The summed E-state index contributed by atoms with van der Waals surface area (Å²) in [5, 5.41) is 8.87. The predicted octanol–water partition coefficient (Wildman–Crippen LogP) is 2.37. The molecule has 2 aromatic heterocycles. The van der Waals surface area contributed by atoms with Crippen molar-refractivity contribution >= 4 is 5.69 Å². The van der Waals surface area contributed by atoms with Gasteiger partial charge in [0.25, 0.3) is 0 Å². The molecular formula is C14H14N4. The fourth-order valence-corrected chi connectivity index (χ4v) is 1.77. The van der Waals surface area contributed by atoms with Gasteiger partial charge >= 0.3 is 0 Å². The Bertz CT molecular complexity index is 545. The van der Waals surface area contributed by atoms with Crippen LogP contribution in [0, 0.1) is 11.3 Å². The van der Waals surface area contributed by atoms with Crippen molar-refractivity contribution in [1.29, 1.82) is 5.26 Å². The normalized spacial score (nSPS) is 9.78. The average molecular weight is 238 g/mol. The molecule has 0 aliphatic heterocycles. The molecule has 2 rings (SSSR count). The Morgan fingerprint density at radius 3 is 2.67 bits per heavy atom. The van der Waals surface area contributed by atoms with E-state index < -0.39 is 0 Å². The van der Waals surface area contributed by atoms with Gasteiger partial charge in [-0.2, -0.15) is 5.26 Å². The van der Waals surface area contributed by atoms with Crippen molar-refractivity contribution < 1.29 is 0 Å². The second-order valence-electron chi connectivity index (χ2n) is 3.88. The average Bonchev–Trinajstić information content (AvgIpc) is 2.46. The summed E-state index contributed by atoms with van der Waals surface area (Å²) in [5.74, 6) is 0. The van der Waals surface area contributed by atoms with Gasteiger partial charge in [-0.15, -0.1) is 0 Å². The van der Waals surface area contributed by atoms with Gasteiger partial charge in [-0.25, -0.2) is 4.98 Å². The van der Waals surface area contributed by atoms with E-state index in [1.165, 1.54) is 5.56 Å². The van der Waals surface area contributed by atoms with Crippen molar-refractivity contribution in [3.8, 4) is 6.07 Å². The molecule has 4 nitrogen and oxygen atoms in total. The van der Waals surface area contributed by atoms with Crippen molar-refractivity contribution in [3.05, 3.63) is 54.1 Å². The van der Waals surface area contributed by atoms with Crippen molar-refractivity contribution in [1.82, 2.24) is 9.97 Å². The molecule has 0 saturated carbocycles. The van der Waals surface area contributed by atoms with E-state index in [0.717, 1.165) is 18.8 Å². The third-order valence-corrected chi connectivity index (χ3v) is 2.73. The van der Waals surface area contributed by atoms with Crippen molar-refractivity contribution in [2.75, 3.05) is 11.4 Å². The van der Waals surface area contributed by atoms with E-state index >= 15 is 0 Å². The molecule has 0 saturated heterocycles.